The molecule has 0 saturated heterocycles. The molecule has 0 radical (unpaired) electrons. The average molecular weight is 709 g/mol. The van der Waals surface area contributed by atoms with Crippen LogP contribution in [0.25, 0.3) is 54.9 Å². The topological polar surface area (TPSA) is 24.1 Å². The maximum absolute atomic E-state index is 4.04. The van der Waals surface area contributed by atoms with E-state index in [4.69, 9.17) is 0 Å². The fourth-order valence-electron chi connectivity index (χ4n) is 10.5. The molecule has 0 bridgehead atoms. The van der Waals surface area contributed by atoms with Crippen LogP contribution in [0.1, 0.15) is 74.9 Å². The van der Waals surface area contributed by atoms with Crippen molar-refractivity contribution in [1.29, 1.82) is 0 Å². The number of hydrogen-bond donors (Lipinski definition) is 2. The molecule has 3 aliphatic rings. The normalized spacial score (nSPS) is 15.9. The summed E-state index contributed by atoms with van der Waals surface area (Å²) in [5.74, 6) is 0. The Morgan fingerprint density at radius 2 is 0.636 bits per heavy atom. The molecular weight excluding hydrogens is 665 g/mol. The van der Waals surface area contributed by atoms with Gasteiger partial charge in [-0.3, -0.25) is 0 Å². The van der Waals surface area contributed by atoms with E-state index in [0.717, 1.165) is 22.7 Å². The number of hydrogen-bond acceptors (Lipinski definition) is 2. The zero-order valence-electron chi connectivity index (χ0n) is 32.4. The summed E-state index contributed by atoms with van der Waals surface area (Å²) >= 11 is 0. The highest BCUT2D eigenvalue weighted by Crippen LogP contribution is 2.55. The van der Waals surface area contributed by atoms with Crippen LogP contribution in [0.15, 0.2) is 146 Å². The average Bonchev–Trinajstić information content (AvgIpc) is 3.67. The monoisotopic (exact) mass is 708 g/mol. The first-order valence-corrected chi connectivity index (χ1v) is 19.7. The van der Waals surface area contributed by atoms with Crippen molar-refractivity contribution in [2.24, 2.45) is 0 Å². The summed E-state index contributed by atoms with van der Waals surface area (Å²) in [5.41, 5.74) is 20.5. The summed E-state index contributed by atoms with van der Waals surface area (Å²) in [4.78, 5) is 0. The first-order chi connectivity index (χ1) is 26.5. The molecule has 8 aromatic carbocycles. The van der Waals surface area contributed by atoms with Gasteiger partial charge in [-0.2, -0.15) is 0 Å². The SMILES string of the molecule is CC1(C)c2ccccc2-c2ccc(Nc3c4ccccc4c(Nc4ccc5c(c4)C(C)(C)c4ccccc4-5)c4cc5c(cc34)-c3ccccc3C5(C)C)cc21. The van der Waals surface area contributed by atoms with Gasteiger partial charge in [-0.15, -0.1) is 0 Å². The molecule has 55 heavy (non-hydrogen) atoms. The first kappa shape index (κ1) is 32.3. The van der Waals surface area contributed by atoms with Crippen molar-refractivity contribution in [3.05, 3.63) is 179 Å². The van der Waals surface area contributed by atoms with Gasteiger partial charge in [0.05, 0.1) is 11.4 Å². The van der Waals surface area contributed by atoms with Crippen LogP contribution in [0.4, 0.5) is 22.7 Å². The molecule has 0 heterocycles. The van der Waals surface area contributed by atoms with E-state index < -0.39 is 0 Å². The van der Waals surface area contributed by atoms with Crippen LogP contribution in [0.3, 0.4) is 0 Å². The van der Waals surface area contributed by atoms with Gasteiger partial charge in [0.2, 0.25) is 0 Å². The molecule has 0 aliphatic heterocycles. The minimum atomic E-state index is -0.124. The maximum atomic E-state index is 4.04. The molecule has 0 saturated carbocycles. The highest BCUT2D eigenvalue weighted by Gasteiger charge is 2.38. The number of rotatable bonds is 4. The van der Waals surface area contributed by atoms with Crippen LogP contribution in [-0.4, -0.2) is 0 Å². The summed E-state index contributed by atoms with van der Waals surface area (Å²) < 4.78 is 0. The largest absolute Gasteiger partial charge is 0.355 e. The van der Waals surface area contributed by atoms with Crippen LogP contribution in [-0.2, 0) is 16.2 Å². The molecule has 0 aromatic heterocycles. The van der Waals surface area contributed by atoms with Crippen molar-refractivity contribution in [3.8, 4) is 33.4 Å². The summed E-state index contributed by atoms with van der Waals surface area (Å²) in [5, 5.41) is 12.9. The fourth-order valence-corrected chi connectivity index (χ4v) is 10.5. The third-order valence-corrected chi connectivity index (χ3v) is 13.4. The minimum Gasteiger partial charge on any atom is -0.355 e. The standard InChI is InChI=1S/C53H44N2/c1-51(2)43-20-12-9-15-33(43)36-25-23-31(27-46(36)51)54-49-38-18-7-8-19-39(38)50(42-30-48-40(29-41(42)49)35-17-11-14-22-45(35)53(48,5)6)55-32-24-26-37-34-16-10-13-21-44(34)52(3,4)47(37)28-32/h7-30,54-55H,1-6H3. The van der Waals surface area contributed by atoms with Gasteiger partial charge in [0.25, 0.3) is 0 Å². The Bertz CT molecular complexity index is 2960. The zero-order valence-corrected chi connectivity index (χ0v) is 32.4. The molecule has 2 N–H and O–H groups in total. The van der Waals surface area contributed by atoms with Crippen LogP contribution in [0.5, 0.6) is 0 Å². The lowest BCUT2D eigenvalue weighted by molar-refractivity contribution is 0.660. The van der Waals surface area contributed by atoms with E-state index in [9.17, 15) is 0 Å². The Morgan fingerprint density at radius 1 is 0.291 bits per heavy atom. The van der Waals surface area contributed by atoms with Gasteiger partial charge in [-0.05, 0) is 103 Å². The van der Waals surface area contributed by atoms with Crippen molar-refractivity contribution < 1.29 is 0 Å². The van der Waals surface area contributed by atoms with Crippen LogP contribution < -0.4 is 10.6 Å². The summed E-state index contributed by atoms with van der Waals surface area (Å²) in [6.45, 7) is 14.2. The number of anilines is 4. The van der Waals surface area contributed by atoms with Crippen LogP contribution in [0.2, 0.25) is 0 Å². The van der Waals surface area contributed by atoms with Crippen molar-refractivity contribution in [1.82, 2.24) is 0 Å². The summed E-state index contributed by atoms with van der Waals surface area (Å²) in [6, 6.07) is 54.5. The molecular formula is C53H44N2. The molecule has 2 nitrogen and oxygen atoms in total. The number of nitrogens with one attached hydrogen (secondary N) is 2. The van der Waals surface area contributed by atoms with Crippen molar-refractivity contribution >= 4 is 44.3 Å². The molecule has 2 heteroatoms. The fraction of sp³-hybridized carbons (Fsp3) is 0.170. The Balaban J connectivity index is 1.13. The molecule has 0 unspecified atom stereocenters. The molecule has 11 rings (SSSR count). The van der Waals surface area contributed by atoms with E-state index >= 15 is 0 Å². The molecule has 8 aromatic rings. The van der Waals surface area contributed by atoms with Crippen molar-refractivity contribution in [2.75, 3.05) is 10.6 Å². The van der Waals surface area contributed by atoms with E-state index in [2.05, 4.69) is 198 Å². The quantitative estimate of drug-likeness (QED) is 0.140. The Hall–Kier alpha value is -6.12. The lowest BCUT2D eigenvalue weighted by Gasteiger charge is -2.25. The molecule has 266 valence electrons. The van der Waals surface area contributed by atoms with Gasteiger partial charge in [0, 0.05) is 49.2 Å². The Morgan fingerprint density at radius 3 is 1.09 bits per heavy atom. The highest BCUT2D eigenvalue weighted by molar-refractivity contribution is 6.22. The van der Waals surface area contributed by atoms with Gasteiger partial charge < -0.3 is 10.6 Å². The van der Waals surface area contributed by atoms with Gasteiger partial charge in [0.15, 0.2) is 0 Å². The lowest BCUT2D eigenvalue weighted by atomic mass is 9.81. The first-order valence-electron chi connectivity index (χ1n) is 19.7. The smallest absolute Gasteiger partial charge is 0.0545 e. The second kappa shape index (κ2) is 11.0. The van der Waals surface area contributed by atoms with Crippen molar-refractivity contribution in [3.63, 3.8) is 0 Å². The Kier molecular flexibility index (Phi) is 6.45. The third kappa shape index (κ3) is 4.37. The summed E-state index contributed by atoms with van der Waals surface area (Å²) in [6.07, 6.45) is 0. The van der Waals surface area contributed by atoms with Gasteiger partial charge >= 0.3 is 0 Å². The van der Waals surface area contributed by atoms with Gasteiger partial charge in [-0.25, -0.2) is 0 Å². The predicted octanol–water partition coefficient (Wildman–Crippen LogP) is 14.4. The van der Waals surface area contributed by atoms with Gasteiger partial charge in [0.1, 0.15) is 0 Å². The van der Waals surface area contributed by atoms with E-state index in [1.165, 1.54) is 88.3 Å². The second-order valence-corrected chi connectivity index (χ2v) is 17.5. The van der Waals surface area contributed by atoms with Gasteiger partial charge in [-0.1, -0.05) is 151 Å². The van der Waals surface area contributed by atoms with Crippen LogP contribution in [0, 0.1) is 0 Å². The lowest BCUT2D eigenvalue weighted by Crippen LogP contribution is -2.15. The highest BCUT2D eigenvalue weighted by atomic mass is 14.9. The van der Waals surface area contributed by atoms with Crippen LogP contribution >= 0.6 is 0 Å². The van der Waals surface area contributed by atoms with E-state index in [1.54, 1.807) is 0 Å². The summed E-state index contributed by atoms with van der Waals surface area (Å²) in [7, 11) is 0. The molecule has 3 aliphatic carbocycles. The second-order valence-electron chi connectivity index (χ2n) is 17.5. The molecule has 0 amide bonds. The Labute approximate surface area is 323 Å². The minimum absolute atomic E-state index is 0.0794. The molecule has 0 atom stereocenters. The third-order valence-electron chi connectivity index (χ3n) is 13.4. The van der Waals surface area contributed by atoms with E-state index in [1.807, 2.05) is 0 Å². The number of fused-ring (bicyclic) bond motifs is 11. The molecule has 0 spiro atoms. The van der Waals surface area contributed by atoms with Crippen molar-refractivity contribution in [2.45, 2.75) is 57.8 Å². The van der Waals surface area contributed by atoms with E-state index in [0.29, 0.717) is 0 Å². The van der Waals surface area contributed by atoms with E-state index in [-0.39, 0.29) is 16.2 Å². The predicted molar refractivity (Wildman–Crippen MR) is 234 cm³/mol. The number of benzene rings is 8. The zero-order chi connectivity index (χ0) is 37.4. The molecule has 0 fully saturated rings. The maximum Gasteiger partial charge on any atom is 0.0545 e.